The van der Waals surface area contributed by atoms with E-state index in [0.717, 1.165) is 11.2 Å². The zero-order valence-corrected chi connectivity index (χ0v) is 45.8. The molecular weight excluding hydrogens is 1080 g/mol. The van der Waals surface area contributed by atoms with Crippen molar-refractivity contribution in [2.45, 2.75) is 85.7 Å². The topological polar surface area (TPSA) is 476 Å². The van der Waals surface area contributed by atoms with E-state index in [0.29, 0.717) is 132 Å². The number of nitrogens with zero attached hydrogens (tertiary/aromatic N) is 1. The first-order valence-corrected chi connectivity index (χ1v) is 26.7. The van der Waals surface area contributed by atoms with E-state index in [-0.39, 0.29) is 39.6 Å². The molecule has 0 spiro atoms. The van der Waals surface area contributed by atoms with Crippen LogP contribution in [0.4, 0.5) is 0 Å². The van der Waals surface area contributed by atoms with Crippen molar-refractivity contribution in [1.29, 1.82) is 0 Å². The summed E-state index contributed by atoms with van der Waals surface area (Å²) < 4.78 is 65.2. The molecule has 0 aromatic rings. The molecule has 0 aromatic heterocycles. The molecule has 0 saturated carbocycles. The average molecular weight is 1180 g/mol. The van der Waals surface area contributed by atoms with Crippen molar-refractivity contribution < 1.29 is 143 Å². The lowest BCUT2D eigenvalue weighted by molar-refractivity contribution is -0.133. The molecule has 0 bridgehead atoms. The van der Waals surface area contributed by atoms with Crippen LogP contribution in [0.25, 0.3) is 0 Å². The second-order valence-corrected chi connectivity index (χ2v) is 17.7. The summed E-state index contributed by atoms with van der Waals surface area (Å²) in [5, 5.41) is 156. The molecule has 13 atom stereocenters. The van der Waals surface area contributed by atoms with Gasteiger partial charge in [-0.25, -0.2) is 0 Å². The molecule has 0 rings (SSSR count). The van der Waals surface area contributed by atoms with E-state index in [9.17, 15) is 81.1 Å². The number of rotatable bonds is 61. The van der Waals surface area contributed by atoms with Crippen LogP contribution in [0.5, 0.6) is 0 Å². The smallest absolute Gasteiger partial charge is 0.238 e. The first-order valence-electron chi connectivity index (χ1n) is 26.7. The molecule has 0 aromatic carbocycles. The van der Waals surface area contributed by atoms with Gasteiger partial charge in [0.1, 0.15) is 61.2 Å². The van der Waals surface area contributed by atoms with Gasteiger partial charge < -0.3 is 149 Å². The number of carbonyl (C=O) groups is 2. The third kappa shape index (κ3) is 41.1. The monoisotopic (exact) mass is 1180 g/mol. The Labute approximate surface area is 466 Å². The lowest BCUT2D eigenvalue weighted by Crippen LogP contribution is -2.58. The number of hydrogen-bond acceptors (Lipinski definition) is 31. The van der Waals surface area contributed by atoms with E-state index in [1.807, 2.05) is 0 Å². The molecule has 32 heteroatoms. The van der Waals surface area contributed by atoms with Crippen molar-refractivity contribution in [1.82, 2.24) is 15.5 Å². The van der Waals surface area contributed by atoms with Crippen LogP contribution in [0.3, 0.4) is 0 Å². The number of hydrogen-bond donors (Lipinski definition) is 17. The molecule has 1 unspecified atom stereocenters. The van der Waals surface area contributed by atoms with Crippen molar-refractivity contribution in [2.24, 2.45) is 0 Å². The Bertz CT molecular complexity index is 1350. The van der Waals surface area contributed by atoms with Crippen molar-refractivity contribution >= 4 is 12.2 Å². The number of aliphatic hydroxyl groups is 15. The van der Waals surface area contributed by atoms with Crippen molar-refractivity contribution in [3.63, 3.8) is 0 Å². The molecule has 32 nitrogen and oxygen atoms in total. The van der Waals surface area contributed by atoms with Gasteiger partial charge in [-0.15, -0.1) is 0 Å². The fourth-order valence-corrected chi connectivity index (χ4v) is 6.56. The number of aldehydes is 1. The average Bonchev–Trinajstić information content (AvgIpc) is 3.46. The Hall–Kier alpha value is -2.02. The summed E-state index contributed by atoms with van der Waals surface area (Å²) >= 11 is 0. The minimum Gasteiger partial charge on any atom is -0.394 e. The van der Waals surface area contributed by atoms with E-state index < -0.39 is 131 Å². The fraction of sp³-hybridized carbons (Fsp3) is 0.958. The fourth-order valence-electron chi connectivity index (χ4n) is 6.56. The number of carbonyl (C=O) groups excluding carboxylic acids is 2. The maximum atomic E-state index is 13.5. The van der Waals surface area contributed by atoms with Gasteiger partial charge >= 0.3 is 0 Å². The Morgan fingerprint density at radius 2 is 0.600 bits per heavy atom. The predicted octanol–water partition coefficient (Wildman–Crippen LogP) is -10.5. The Morgan fingerprint density at radius 3 is 0.875 bits per heavy atom. The van der Waals surface area contributed by atoms with E-state index in [2.05, 4.69) is 10.6 Å². The molecule has 478 valence electrons. The van der Waals surface area contributed by atoms with Gasteiger partial charge in [-0.05, 0) is 0 Å². The second-order valence-electron chi connectivity index (χ2n) is 17.7. The summed E-state index contributed by atoms with van der Waals surface area (Å²) in [6, 6.07) is -1.48. The van der Waals surface area contributed by atoms with Gasteiger partial charge in [0.15, 0.2) is 0 Å². The lowest BCUT2D eigenvalue weighted by atomic mass is 10.0. The highest BCUT2D eigenvalue weighted by Crippen LogP contribution is 2.12. The Morgan fingerprint density at radius 1 is 0.350 bits per heavy atom. The van der Waals surface area contributed by atoms with Crippen LogP contribution in [-0.4, -0.2) is 384 Å². The Kier molecular flexibility index (Phi) is 52.3. The lowest BCUT2D eigenvalue weighted by Gasteiger charge is -2.35. The maximum Gasteiger partial charge on any atom is 0.238 e. The largest absolute Gasteiger partial charge is 0.394 e. The quantitative estimate of drug-likeness (QED) is 0.0199. The van der Waals surface area contributed by atoms with Gasteiger partial charge in [-0.2, -0.15) is 0 Å². The highest BCUT2D eigenvalue weighted by molar-refractivity contribution is 5.82. The maximum absolute atomic E-state index is 13.5. The van der Waals surface area contributed by atoms with Crippen LogP contribution in [0.15, 0.2) is 0 Å². The summed E-state index contributed by atoms with van der Waals surface area (Å²) in [6.07, 6.45) is -22.8. The number of amides is 1. The SMILES string of the molecule is O=CCCOCCOCCOCCOCCOCCOCCOCCOCCOCCOCCOCCOCCNC(=O)C(CN(C[C@H](O)[C@@H](O)[C@H](O)[C@H](O)CO)C[C@H](O)[C@@H](O)[C@H](O)[C@H](O)CO)NC[C@H](O)[C@@H](O)[C@H](O)[C@H](O)CO. The summed E-state index contributed by atoms with van der Waals surface area (Å²) in [5.41, 5.74) is 0. The van der Waals surface area contributed by atoms with E-state index in [1.165, 1.54) is 0 Å². The van der Waals surface area contributed by atoms with Gasteiger partial charge in [-0.1, -0.05) is 0 Å². The predicted molar refractivity (Wildman–Crippen MR) is 275 cm³/mol. The van der Waals surface area contributed by atoms with Gasteiger partial charge in [0.2, 0.25) is 5.91 Å². The highest BCUT2D eigenvalue weighted by Gasteiger charge is 2.36. The van der Waals surface area contributed by atoms with Crippen molar-refractivity contribution in [2.75, 3.05) is 211 Å². The van der Waals surface area contributed by atoms with Crippen LogP contribution in [0.2, 0.25) is 0 Å². The molecule has 0 heterocycles. The molecule has 0 fully saturated rings. The standard InChI is InChI=1S/C48H97N3O29/c52-3-1-4-69-6-8-71-10-12-73-14-16-75-18-20-77-22-24-79-26-27-80-25-23-78-21-19-76-17-15-74-13-11-72-9-7-70-5-2-49-48(68)35(50-28-36(56)42(62)45(65)39(59)32-53)29-51(30-37(57)43(63)46(66)40(60)33-54)31-38(58)44(64)47(67)41(61)34-55/h3,35-47,50,53-67H,1-2,4-34H2,(H,49,68)/t35?,36-,37-,38-,39+,40+,41+,42+,43+,44+,45+,46+,47+/m0/s1. The van der Waals surface area contributed by atoms with Crippen LogP contribution < -0.4 is 10.6 Å². The number of nitrogens with one attached hydrogen (secondary N) is 2. The zero-order valence-electron chi connectivity index (χ0n) is 45.8. The van der Waals surface area contributed by atoms with Gasteiger partial charge in [-0.3, -0.25) is 9.69 Å². The second kappa shape index (κ2) is 53.7. The van der Waals surface area contributed by atoms with Crippen LogP contribution in [0.1, 0.15) is 6.42 Å². The molecule has 80 heavy (non-hydrogen) atoms. The van der Waals surface area contributed by atoms with E-state index in [1.54, 1.807) is 0 Å². The molecule has 1 amide bonds. The molecule has 0 aliphatic carbocycles. The minimum absolute atomic E-state index is 0.0409. The van der Waals surface area contributed by atoms with Gasteiger partial charge in [0.05, 0.1) is 203 Å². The van der Waals surface area contributed by atoms with Crippen LogP contribution >= 0.6 is 0 Å². The highest BCUT2D eigenvalue weighted by atomic mass is 16.6. The molecule has 0 aliphatic rings. The third-order valence-corrected chi connectivity index (χ3v) is 11.2. The summed E-state index contributed by atoms with van der Waals surface area (Å²) in [6.45, 7) is 2.81. The van der Waals surface area contributed by atoms with Crippen LogP contribution in [0, 0.1) is 0 Å². The Balaban J connectivity index is 4.43. The molecule has 0 saturated heterocycles. The molecule has 17 N–H and O–H groups in total. The van der Waals surface area contributed by atoms with Crippen molar-refractivity contribution in [3.05, 3.63) is 0 Å². The van der Waals surface area contributed by atoms with Crippen LogP contribution in [-0.2, 0) is 66.4 Å². The first kappa shape index (κ1) is 78.0. The zero-order chi connectivity index (χ0) is 59.6. The van der Waals surface area contributed by atoms with E-state index in [4.69, 9.17) is 61.9 Å². The summed E-state index contributed by atoms with van der Waals surface area (Å²) in [4.78, 5) is 24.7. The summed E-state index contributed by atoms with van der Waals surface area (Å²) in [5.74, 6) is -0.828. The van der Waals surface area contributed by atoms with Crippen molar-refractivity contribution in [3.8, 4) is 0 Å². The normalized spacial score (nSPS) is 17.1. The first-order chi connectivity index (χ1) is 38.6. The molecular formula is C48H97N3O29. The molecule has 0 radical (unpaired) electrons. The number of ether oxygens (including phenoxy) is 12. The summed E-state index contributed by atoms with van der Waals surface area (Å²) in [7, 11) is 0. The van der Waals surface area contributed by atoms with E-state index >= 15 is 0 Å². The number of aliphatic hydroxyl groups excluding tert-OH is 15. The van der Waals surface area contributed by atoms with Gasteiger partial charge in [0.25, 0.3) is 0 Å². The van der Waals surface area contributed by atoms with Gasteiger partial charge in [0, 0.05) is 39.1 Å². The molecule has 0 aliphatic heterocycles. The third-order valence-electron chi connectivity index (χ3n) is 11.2. The minimum atomic E-state index is -2.13.